The van der Waals surface area contributed by atoms with E-state index in [9.17, 15) is 4.79 Å². The first kappa shape index (κ1) is 11.3. The van der Waals surface area contributed by atoms with Crippen molar-refractivity contribution in [3.63, 3.8) is 0 Å². The van der Waals surface area contributed by atoms with Crippen molar-refractivity contribution in [1.82, 2.24) is 10.6 Å². The van der Waals surface area contributed by atoms with Crippen molar-refractivity contribution < 1.29 is 4.79 Å². The predicted molar refractivity (Wildman–Crippen MR) is 58.2 cm³/mol. The number of urea groups is 1. The second kappa shape index (κ2) is 3.44. The zero-order valence-electron chi connectivity index (χ0n) is 9.90. The lowest BCUT2D eigenvalue weighted by molar-refractivity contribution is 0.0707. The first-order chi connectivity index (χ1) is 6.29. The second-order valence-corrected chi connectivity index (χ2v) is 5.51. The molecule has 3 nitrogen and oxygen atoms in total. The third-order valence-electron chi connectivity index (χ3n) is 3.47. The Hall–Kier alpha value is -0.730. The Morgan fingerprint density at radius 1 is 1.36 bits per heavy atom. The van der Waals surface area contributed by atoms with Crippen molar-refractivity contribution in [2.24, 2.45) is 11.3 Å². The summed E-state index contributed by atoms with van der Waals surface area (Å²) in [6, 6.07) is -0.0279. The maximum atomic E-state index is 11.4. The molecule has 82 valence electrons. The minimum atomic E-state index is -0.0741. The number of carbonyl (C=O) groups is 1. The molecule has 0 bridgehead atoms. The number of amides is 2. The van der Waals surface area contributed by atoms with Gasteiger partial charge in [0.15, 0.2) is 0 Å². The van der Waals surface area contributed by atoms with Crippen LogP contribution in [-0.4, -0.2) is 18.1 Å². The molecule has 1 saturated heterocycles. The highest BCUT2D eigenvalue weighted by Crippen LogP contribution is 2.39. The van der Waals surface area contributed by atoms with Crippen LogP contribution in [0.1, 0.15) is 41.0 Å². The molecule has 0 aromatic carbocycles. The van der Waals surface area contributed by atoms with Crippen LogP contribution in [-0.2, 0) is 0 Å². The van der Waals surface area contributed by atoms with E-state index in [0.717, 1.165) is 13.0 Å². The van der Waals surface area contributed by atoms with Gasteiger partial charge in [-0.1, -0.05) is 34.6 Å². The van der Waals surface area contributed by atoms with E-state index in [2.05, 4.69) is 45.3 Å². The van der Waals surface area contributed by atoms with E-state index in [4.69, 9.17) is 0 Å². The fourth-order valence-corrected chi connectivity index (χ4v) is 2.54. The van der Waals surface area contributed by atoms with Gasteiger partial charge in [-0.05, 0) is 17.8 Å². The molecule has 0 aliphatic carbocycles. The minimum Gasteiger partial charge on any atom is -0.338 e. The Bertz CT molecular complexity index is 230. The topological polar surface area (TPSA) is 41.1 Å². The summed E-state index contributed by atoms with van der Waals surface area (Å²) < 4.78 is 0. The molecule has 14 heavy (non-hydrogen) atoms. The molecule has 0 aromatic heterocycles. The molecule has 1 rings (SSSR count). The molecule has 1 aliphatic rings. The van der Waals surface area contributed by atoms with Gasteiger partial charge < -0.3 is 10.6 Å². The molecular formula is C11H22N2O. The van der Waals surface area contributed by atoms with Gasteiger partial charge in [0.05, 0.1) is 5.54 Å². The summed E-state index contributed by atoms with van der Waals surface area (Å²) in [4.78, 5) is 11.4. The Kier molecular flexibility index (Phi) is 2.79. The predicted octanol–water partition coefficient (Wildman–Crippen LogP) is 2.13. The quantitative estimate of drug-likeness (QED) is 0.666. The molecule has 1 atom stereocenters. The van der Waals surface area contributed by atoms with Crippen LogP contribution < -0.4 is 10.6 Å². The first-order valence-electron chi connectivity index (χ1n) is 5.35. The number of hydrogen-bond donors (Lipinski definition) is 2. The van der Waals surface area contributed by atoms with Crippen LogP contribution in [0, 0.1) is 11.3 Å². The van der Waals surface area contributed by atoms with E-state index >= 15 is 0 Å². The number of hydrogen-bond acceptors (Lipinski definition) is 1. The van der Waals surface area contributed by atoms with E-state index in [1.54, 1.807) is 0 Å². The van der Waals surface area contributed by atoms with E-state index in [1.165, 1.54) is 0 Å². The van der Waals surface area contributed by atoms with Gasteiger partial charge in [-0.3, -0.25) is 0 Å². The number of nitrogens with one attached hydrogen (secondary N) is 2. The van der Waals surface area contributed by atoms with E-state index < -0.39 is 0 Å². The zero-order chi connectivity index (χ0) is 11.0. The van der Waals surface area contributed by atoms with Gasteiger partial charge in [0.1, 0.15) is 0 Å². The molecule has 1 aliphatic heterocycles. The number of rotatable bonds is 1. The maximum Gasteiger partial charge on any atom is 0.315 e. The highest BCUT2D eigenvalue weighted by Gasteiger charge is 2.46. The van der Waals surface area contributed by atoms with Crippen molar-refractivity contribution in [1.29, 1.82) is 0 Å². The largest absolute Gasteiger partial charge is 0.338 e. The molecule has 0 spiro atoms. The summed E-state index contributed by atoms with van der Waals surface area (Å²) in [7, 11) is 0. The molecule has 3 heteroatoms. The van der Waals surface area contributed by atoms with Crippen LogP contribution in [0.4, 0.5) is 4.79 Å². The molecule has 1 heterocycles. The van der Waals surface area contributed by atoms with Crippen LogP contribution >= 0.6 is 0 Å². The van der Waals surface area contributed by atoms with Crippen LogP contribution in [0.25, 0.3) is 0 Å². The Morgan fingerprint density at radius 3 is 2.21 bits per heavy atom. The normalized spacial score (nSPS) is 28.6. The van der Waals surface area contributed by atoms with E-state index in [1.807, 2.05) is 0 Å². The van der Waals surface area contributed by atoms with E-state index in [-0.39, 0.29) is 17.0 Å². The summed E-state index contributed by atoms with van der Waals surface area (Å²) in [5.74, 6) is 0.452. The molecule has 0 aromatic rings. The fraction of sp³-hybridized carbons (Fsp3) is 0.909. The summed E-state index contributed by atoms with van der Waals surface area (Å²) in [6.07, 6.45) is 1.000. The van der Waals surface area contributed by atoms with Gasteiger partial charge in [-0.2, -0.15) is 0 Å². The van der Waals surface area contributed by atoms with Gasteiger partial charge in [-0.15, -0.1) is 0 Å². The summed E-state index contributed by atoms with van der Waals surface area (Å²) in [6.45, 7) is 11.7. The number of carbonyl (C=O) groups excluding carboxylic acids is 1. The van der Waals surface area contributed by atoms with Crippen LogP contribution in [0.3, 0.4) is 0 Å². The molecule has 0 saturated carbocycles. The zero-order valence-corrected chi connectivity index (χ0v) is 9.90. The van der Waals surface area contributed by atoms with Crippen LogP contribution in [0.15, 0.2) is 0 Å². The van der Waals surface area contributed by atoms with Crippen LogP contribution in [0.2, 0.25) is 0 Å². The average molecular weight is 198 g/mol. The van der Waals surface area contributed by atoms with Gasteiger partial charge in [-0.25, -0.2) is 4.79 Å². The van der Waals surface area contributed by atoms with Gasteiger partial charge in [0, 0.05) is 6.54 Å². The Labute approximate surface area is 86.6 Å². The standard InChI is InChI=1S/C11H22N2O/c1-8(2)11(10(3,4)5)6-7-12-9(14)13-11/h8H,6-7H2,1-5H3,(H2,12,13,14). The lowest BCUT2D eigenvalue weighted by Crippen LogP contribution is -2.66. The van der Waals surface area contributed by atoms with Crippen LogP contribution in [0.5, 0.6) is 0 Å². The van der Waals surface area contributed by atoms with Crippen molar-refractivity contribution in [2.75, 3.05) is 6.54 Å². The second-order valence-electron chi connectivity index (χ2n) is 5.51. The van der Waals surface area contributed by atoms with Crippen molar-refractivity contribution in [3.05, 3.63) is 0 Å². The molecule has 2 N–H and O–H groups in total. The van der Waals surface area contributed by atoms with Gasteiger partial charge >= 0.3 is 6.03 Å². The molecular weight excluding hydrogens is 176 g/mol. The van der Waals surface area contributed by atoms with Gasteiger partial charge in [0.25, 0.3) is 0 Å². The summed E-state index contributed by atoms with van der Waals surface area (Å²) >= 11 is 0. The Balaban J connectivity index is 2.98. The lowest BCUT2D eigenvalue weighted by atomic mass is 9.65. The van der Waals surface area contributed by atoms with Gasteiger partial charge in [0.2, 0.25) is 0 Å². The third-order valence-corrected chi connectivity index (χ3v) is 3.47. The monoisotopic (exact) mass is 198 g/mol. The summed E-state index contributed by atoms with van der Waals surface area (Å²) in [5, 5.41) is 5.93. The first-order valence-corrected chi connectivity index (χ1v) is 5.35. The molecule has 1 unspecified atom stereocenters. The SMILES string of the molecule is CC(C)C1(C(C)(C)C)CCNC(=O)N1. The Morgan fingerprint density at radius 2 is 1.93 bits per heavy atom. The molecule has 2 amide bonds. The highest BCUT2D eigenvalue weighted by atomic mass is 16.2. The third kappa shape index (κ3) is 1.72. The highest BCUT2D eigenvalue weighted by molar-refractivity contribution is 5.76. The van der Waals surface area contributed by atoms with Crippen molar-refractivity contribution in [3.8, 4) is 0 Å². The average Bonchev–Trinajstić information content (AvgIpc) is 2.01. The fourth-order valence-electron chi connectivity index (χ4n) is 2.54. The molecule has 0 radical (unpaired) electrons. The lowest BCUT2D eigenvalue weighted by Gasteiger charge is -2.50. The maximum absolute atomic E-state index is 11.4. The van der Waals surface area contributed by atoms with Crippen molar-refractivity contribution >= 4 is 6.03 Å². The van der Waals surface area contributed by atoms with E-state index in [0.29, 0.717) is 5.92 Å². The smallest absolute Gasteiger partial charge is 0.315 e. The van der Waals surface area contributed by atoms with Crippen molar-refractivity contribution in [2.45, 2.75) is 46.6 Å². The minimum absolute atomic E-state index is 0.0279. The molecule has 1 fully saturated rings. The summed E-state index contributed by atoms with van der Waals surface area (Å²) in [5.41, 5.74) is 0.0221.